The van der Waals surface area contributed by atoms with Crippen molar-refractivity contribution < 1.29 is 9.90 Å². The van der Waals surface area contributed by atoms with Crippen molar-refractivity contribution in [3.05, 3.63) is 36.0 Å². The lowest BCUT2D eigenvalue weighted by Gasteiger charge is -1.93. The third kappa shape index (κ3) is 0.955. The first kappa shape index (κ1) is 6.91. The predicted octanol–water partition coefficient (Wildman–Crippen LogP) is 1.67. The molecule has 12 heavy (non-hydrogen) atoms. The Labute approximate surface area is 68.6 Å². The summed E-state index contributed by atoms with van der Waals surface area (Å²) >= 11 is 0. The Balaban J connectivity index is 2.68. The third-order valence-corrected chi connectivity index (χ3v) is 1.73. The first-order valence-corrected chi connectivity index (χ1v) is 3.49. The Morgan fingerprint density at radius 2 is 2.33 bits per heavy atom. The van der Waals surface area contributed by atoms with E-state index in [0.717, 1.165) is 10.9 Å². The van der Waals surface area contributed by atoms with Gasteiger partial charge in [-0.3, -0.25) is 0 Å². The van der Waals surface area contributed by atoms with Crippen LogP contribution in [-0.4, -0.2) is 16.1 Å². The number of carboxylic acid groups (broad SMARTS) is 1. The van der Waals surface area contributed by atoms with E-state index in [2.05, 4.69) is 11.2 Å². The minimum Gasteiger partial charge on any atom is -0.478 e. The molecule has 1 radical (unpaired) electrons. The predicted molar refractivity (Wildman–Crippen MR) is 44.1 cm³/mol. The number of nitrogens with one attached hydrogen (secondary N) is 1. The molecule has 0 saturated carbocycles. The minimum absolute atomic E-state index is 0.301. The van der Waals surface area contributed by atoms with Crippen LogP contribution < -0.4 is 0 Å². The summed E-state index contributed by atoms with van der Waals surface area (Å²) in [5.41, 5.74) is 1.20. The number of benzene rings is 1. The Hall–Kier alpha value is -1.77. The fourth-order valence-corrected chi connectivity index (χ4v) is 1.12. The lowest BCUT2D eigenvalue weighted by atomic mass is 10.1. The molecule has 0 aliphatic rings. The van der Waals surface area contributed by atoms with E-state index in [4.69, 9.17) is 5.11 Å². The Morgan fingerprint density at radius 3 is 3.08 bits per heavy atom. The van der Waals surface area contributed by atoms with Gasteiger partial charge in [0.1, 0.15) is 0 Å². The topological polar surface area (TPSA) is 53.1 Å². The molecule has 0 amide bonds. The van der Waals surface area contributed by atoms with E-state index < -0.39 is 5.97 Å². The molecule has 0 spiro atoms. The molecule has 2 N–H and O–H groups in total. The van der Waals surface area contributed by atoms with Crippen LogP contribution in [0.15, 0.2) is 24.3 Å². The van der Waals surface area contributed by atoms with Crippen molar-refractivity contribution >= 4 is 16.9 Å². The third-order valence-electron chi connectivity index (χ3n) is 1.73. The fourth-order valence-electron chi connectivity index (χ4n) is 1.12. The normalized spacial score (nSPS) is 10.3. The van der Waals surface area contributed by atoms with Gasteiger partial charge in [-0.05, 0) is 24.3 Å². The van der Waals surface area contributed by atoms with Gasteiger partial charge in [0.2, 0.25) is 0 Å². The number of aromatic nitrogens is 1. The Bertz CT molecular complexity index is 431. The molecule has 3 heteroatoms. The number of aromatic carboxylic acids is 1. The maximum atomic E-state index is 10.5. The summed E-state index contributed by atoms with van der Waals surface area (Å²) in [4.78, 5) is 13.4. The number of H-pyrrole nitrogens is 1. The van der Waals surface area contributed by atoms with Gasteiger partial charge < -0.3 is 10.1 Å². The average Bonchev–Trinajstić information content (AvgIpc) is 2.49. The van der Waals surface area contributed by atoms with E-state index in [1.807, 2.05) is 0 Å². The largest absolute Gasteiger partial charge is 0.478 e. The average molecular weight is 160 g/mol. The highest BCUT2D eigenvalue weighted by Crippen LogP contribution is 2.13. The van der Waals surface area contributed by atoms with E-state index in [0.29, 0.717) is 5.56 Å². The van der Waals surface area contributed by atoms with E-state index in [9.17, 15) is 4.79 Å². The van der Waals surface area contributed by atoms with Crippen molar-refractivity contribution in [2.24, 2.45) is 0 Å². The van der Waals surface area contributed by atoms with Gasteiger partial charge in [0.15, 0.2) is 0 Å². The van der Waals surface area contributed by atoms with Crippen molar-refractivity contribution in [2.45, 2.75) is 0 Å². The lowest BCUT2D eigenvalue weighted by molar-refractivity contribution is 0.0697. The van der Waals surface area contributed by atoms with Crippen LogP contribution in [0.25, 0.3) is 10.9 Å². The number of fused-ring (bicyclic) bond motifs is 1. The molecule has 1 aromatic heterocycles. The highest BCUT2D eigenvalue weighted by Gasteiger charge is 2.02. The molecule has 0 saturated heterocycles. The summed E-state index contributed by atoms with van der Waals surface area (Å²) in [5, 5.41) is 9.53. The van der Waals surface area contributed by atoms with Gasteiger partial charge in [0, 0.05) is 10.9 Å². The van der Waals surface area contributed by atoms with Gasteiger partial charge in [-0.1, -0.05) is 0 Å². The number of aromatic amines is 1. The van der Waals surface area contributed by atoms with Crippen LogP contribution in [0, 0.1) is 6.20 Å². The molecule has 2 rings (SSSR count). The maximum Gasteiger partial charge on any atom is 0.335 e. The zero-order chi connectivity index (χ0) is 8.55. The van der Waals surface area contributed by atoms with Gasteiger partial charge >= 0.3 is 5.97 Å². The highest BCUT2D eigenvalue weighted by molar-refractivity contribution is 5.93. The summed E-state index contributed by atoms with van der Waals surface area (Å²) in [5.74, 6) is -0.905. The Kier molecular flexibility index (Phi) is 1.37. The summed E-state index contributed by atoms with van der Waals surface area (Å²) in [7, 11) is 0. The monoisotopic (exact) mass is 160 g/mol. The van der Waals surface area contributed by atoms with Crippen molar-refractivity contribution in [1.82, 2.24) is 4.98 Å². The van der Waals surface area contributed by atoms with Gasteiger partial charge in [-0.15, -0.1) is 0 Å². The first-order valence-electron chi connectivity index (χ1n) is 3.49. The molecule has 0 atom stereocenters. The number of carbonyl (C=O) groups is 1. The number of carboxylic acids is 1. The SMILES string of the molecule is O=C(O)c1ccc2[nH][c]cc2c1. The molecule has 2 aromatic rings. The molecule has 0 unspecified atom stereocenters. The van der Waals surface area contributed by atoms with Crippen molar-refractivity contribution in [2.75, 3.05) is 0 Å². The van der Waals surface area contributed by atoms with Gasteiger partial charge in [-0.2, -0.15) is 0 Å². The molecular formula is C9H6NO2. The zero-order valence-corrected chi connectivity index (χ0v) is 6.16. The molecule has 0 bridgehead atoms. The molecule has 1 heterocycles. The molecule has 59 valence electrons. The standard InChI is InChI=1S/C9H6NO2/c11-9(12)7-1-2-8-6(5-7)3-4-10-8/h1-3,5,10H,(H,11,12). The zero-order valence-electron chi connectivity index (χ0n) is 6.16. The summed E-state index contributed by atoms with van der Waals surface area (Å²) in [6, 6.07) is 6.64. The molecule has 0 fully saturated rings. The second kappa shape index (κ2) is 2.37. The summed E-state index contributed by atoms with van der Waals surface area (Å²) in [6.07, 6.45) is 2.79. The molecule has 0 aliphatic carbocycles. The smallest absolute Gasteiger partial charge is 0.335 e. The lowest BCUT2D eigenvalue weighted by Crippen LogP contribution is -1.94. The van der Waals surface area contributed by atoms with E-state index in [1.54, 1.807) is 24.3 Å². The van der Waals surface area contributed by atoms with Gasteiger partial charge in [0.25, 0.3) is 0 Å². The van der Waals surface area contributed by atoms with E-state index in [1.165, 1.54) is 0 Å². The van der Waals surface area contributed by atoms with Crippen molar-refractivity contribution in [3.8, 4) is 0 Å². The first-order chi connectivity index (χ1) is 5.77. The summed E-state index contributed by atoms with van der Waals surface area (Å²) in [6.45, 7) is 0. The van der Waals surface area contributed by atoms with Crippen LogP contribution >= 0.6 is 0 Å². The molecule has 0 aliphatic heterocycles. The quantitative estimate of drug-likeness (QED) is 0.666. The van der Waals surface area contributed by atoms with Crippen LogP contribution in [0.4, 0.5) is 0 Å². The van der Waals surface area contributed by atoms with Gasteiger partial charge in [-0.25, -0.2) is 4.79 Å². The van der Waals surface area contributed by atoms with Gasteiger partial charge in [0.05, 0.1) is 11.8 Å². The second-order valence-corrected chi connectivity index (χ2v) is 2.52. The number of hydrogen-bond donors (Lipinski definition) is 2. The highest BCUT2D eigenvalue weighted by atomic mass is 16.4. The maximum absolute atomic E-state index is 10.5. The Morgan fingerprint density at radius 1 is 1.50 bits per heavy atom. The number of hydrogen-bond acceptors (Lipinski definition) is 1. The van der Waals surface area contributed by atoms with Crippen molar-refractivity contribution in [1.29, 1.82) is 0 Å². The summed E-state index contributed by atoms with van der Waals surface area (Å²) < 4.78 is 0. The molecular weight excluding hydrogens is 154 g/mol. The van der Waals surface area contributed by atoms with Crippen LogP contribution in [0.1, 0.15) is 10.4 Å². The van der Waals surface area contributed by atoms with Crippen molar-refractivity contribution in [3.63, 3.8) is 0 Å². The fraction of sp³-hybridized carbons (Fsp3) is 0. The number of rotatable bonds is 1. The van der Waals surface area contributed by atoms with Crippen LogP contribution in [-0.2, 0) is 0 Å². The van der Waals surface area contributed by atoms with Crippen LogP contribution in [0.5, 0.6) is 0 Å². The van der Waals surface area contributed by atoms with E-state index in [-0.39, 0.29) is 0 Å². The minimum atomic E-state index is -0.905. The second-order valence-electron chi connectivity index (χ2n) is 2.52. The molecule has 1 aromatic carbocycles. The van der Waals surface area contributed by atoms with Crippen LogP contribution in [0.2, 0.25) is 0 Å². The molecule has 3 nitrogen and oxygen atoms in total. The van der Waals surface area contributed by atoms with Crippen LogP contribution in [0.3, 0.4) is 0 Å². The van der Waals surface area contributed by atoms with E-state index >= 15 is 0 Å².